The molecule has 0 fully saturated rings. The Labute approximate surface area is 122 Å². The lowest BCUT2D eigenvalue weighted by atomic mass is 10.2. The van der Waals surface area contributed by atoms with E-state index >= 15 is 0 Å². The van der Waals surface area contributed by atoms with E-state index in [9.17, 15) is 10.1 Å². The van der Waals surface area contributed by atoms with Crippen LogP contribution >= 0.6 is 0 Å². The van der Waals surface area contributed by atoms with Gasteiger partial charge in [-0.2, -0.15) is 5.10 Å². The Morgan fingerprint density at radius 1 is 1.19 bits per heavy atom. The fraction of sp³-hybridized carbons (Fsp3) is 0.133. The van der Waals surface area contributed by atoms with Crippen LogP contribution in [0.25, 0.3) is 0 Å². The number of anilines is 2. The van der Waals surface area contributed by atoms with E-state index in [2.05, 4.69) is 10.5 Å². The van der Waals surface area contributed by atoms with Crippen LogP contribution in [0, 0.1) is 10.1 Å². The van der Waals surface area contributed by atoms with E-state index in [1.165, 1.54) is 6.07 Å². The molecule has 6 heteroatoms. The average Bonchev–Trinajstić information content (AvgIpc) is 2.48. The van der Waals surface area contributed by atoms with Crippen LogP contribution in [0.4, 0.5) is 17.1 Å². The summed E-state index contributed by atoms with van der Waals surface area (Å²) in [6.45, 7) is 0. The molecule has 108 valence electrons. The number of para-hydroxylation sites is 1. The number of hydrogen-bond donors (Lipinski definition) is 1. The van der Waals surface area contributed by atoms with Crippen molar-refractivity contribution in [3.05, 3.63) is 64.2 Å². The van der Waals surface area contributed by atoms with Crippen LogP contribution in [0.2, 0.25) is 0 Å². The summed E-state index contributed by atoms with van der Waals surface area (Å²) in [4.78, 5) is 12.4. The van der Waals surface area contributed by atoms with Gasteiger partial charge in [0.05, 0.1) is 16.8 Å². The van der Waals surface area contributed by atoms with Crippen molar-refractivity contribution >= 4 is 23.3 Å². The number of nitrogens with zero attached hydrogens (tertiary/aromatic N) is 3. The molecule has 0 aliphatic rings. The molecule has 0 amide bonds. The molecule has 21 heavy (non-hydrogen) atoms. The van der Waals surface area contributed by atoms with E-state index in [1.807, 2.05) is 30.3 Å². The van der Waals surface area contributed by atoms with Gasteiger partial charge in [-0.3, -0.25) is 15.5 Å². The fourth-order valence-electron chi connectivity index (χ4n) is 1.84. The summed E-state index contributed by atoms with van der Waals surface area (Å²) in [5.41, 5.74) is 5.01. The molecule has 0 atom stereocenters. The van der Waals surface area contributed by atoms with E-state index in [-0.39, 0.29) is 5.69 Å². The zero-order valence-corrected chi connectivity index (χ0v) is 11.9. The highest BCUT2D eigenvalue weighted by molar-refractivity contribution is 5.83. The summed E-state index contributed by atoms with van der Waals surface area (Å²) in [5, 5.41) is 15.2. The number of hydrazone groups is 1. The Morgan fingerprint density at radius 2 is 1.90 bits per heavy atom. The molecule has 0 saturated heterocycles. The minimum absolute atomic E-state index is 0.0589. The van der Waals surface area contributed by atoms with Crippen molar-refractivity contribution in [2.24, 2.45) is 5.10 Å². The van der Waals surface area contributed by atoms with Crippen molar-refractivity contribution in [2.75, 3.05) is 24.4 Å². The van der Waals surface area contributed by atoms with Crippen molar-refractivity contribution in [1.82, 2.24) is 0 Å². The second-order valence-corrected chi connectivity index (χ2v) is 4.64. The quantitative estimate of drug-likeness (QED) is 0.520. The number of nitro groups is 1. The van der Waals surface area contributed by atoms with Gasteiger partial charge in [0.2, 0.25) is 0 Å². The molecule has 0 spiro atoms. The monoisotopic (exact) mass is 284 g/mol. The predicted molar refractivity (Wildman–Crippen MR) is 85.1 cm³/mol. The highest BCUT2D eigenvalue weighted by Crippen LogP contribution is 2.27. The zero-order chi connectivity index (χ0) is 15.2. The second-order valence-electron chi connectivity index (χ2n) is 4.64. The largest absolute Gasteiger partial charge is 0.372 e. The molecular formula is C15H16N4O2. The normalized spacial score (nSPS) is 10.6. The highest BCUT2D eigenvalue weighted by Gasteiger charge is 2.15. The lowest BCUT2D eigenvalue weighted by Gasteiger charge is -2.12. The summed E-state index contributed by atoms with van der Waals surface area (Å²) in [6, 6.07) is 14.5. The van der Waals surface area contributed by atoms with Gasteiger partial charge in [-0.15, -0.1) is 0 Å². The molecule has 0 saturated carbocycles. The summed E-state index contributed by atoms with van der Waals surface area (Å²) in [7, 11) is 3.54. The van der Waals surface area contributed by atoms with Crippen molar-refractivity contribution < 1.29 is 4.92 Å². The van der Waals surface area contributed by atoms with Gasteiger partial charge in [0.1, 0.15) is 5.69 Å². The van der Waals surface area contributed by atoms with Crippen molar-refractivity contribution in [3.8, 4) is 0 Å². The molecular weight excluding hydrogens is 268 g/mol. The topological polar surface area (TPSA) is 70.8 Å². The molecule has 0 bridgehead atoms. The first kappa shape index (κ1) is 14.5. The Hall–Kier alpha value is -2.89. The van der Waals surface area contributed by atoms with Crippen molar-refractivity contribution in [3.63, 3.8) is 0 Å². The van der Waals surface area contributed by atoms with Crippen LogP contribution in [0.5, 0.6) is 0 Å². The minimum atomic E-state index is -0.392. The second kappa shape index (κ2) is 6.51. The summed E-state index contributed by atoms with van der Waals surface area (Å²) < 4.78 is 0. The standard InChI is InChI=1S/C15H16N4O2/c1-18(2)14-9-8-12(10-15(14)19(20)21)11-16-17-13-6-4-3-5-7-13/h3-11,17H,1-2H3/b16-11+. The molecule has 0 heterocycles. The Morgan fingerprint density at radius 3 is 2.52 bits per heavy atom. The van der Waals surface area contributed by atoms with Crippen LogP contribution in [0.15, 0.2) is 53.6 Å². The third kappa shape index (κ3) is 3.79. The average molecular weight is 284 g/mol. The number of rotatable bonds is 5. The van der Waals surface area contributed by atoms with Crippen LogP contribution in [-0.4, -0.2) is 25.2 Å². The lowest BCUT2D eigenvalue weighted by molar-refractivity contribution is -0.384. The van der Waals surface area contributed by atoms with Crippen LogP contribution < -0.4 is 10.3 Å². The summed E-state index contributed by atoms with van der Waals surface area (Å²) in [5.74, 6) is 0. The van der Waals surface area contributed by atoms with Gasteiger partial charge in [-0.25, -0.2) is 0 Å². The third-order valence-corrected chi connectivity index (χ3v) is 2.86. The van der Waals surface area contributed by atoms with Gasteiger partial charge in [-0.05, 0) is 18.2 Å². The summed E-state index contributed by atoms with van der Waals surface area (Å²) >= 11 is 0. The Kier molecular flexibility index (Phi) is 4.50. The first-order valence-corrected chi connectivity index (χ1v) is 6.38. The maximum atomic E-state index is 11.1. The number of nitrogens with one attached hydrogen (secondary N) is 1. The zero-order valence-electron chi connectivity index (χ0n) is 11.9. The first-order chi connectivity index (χ1) is 10.1. The maximum absolute atomic E-state index is 11.1. The molecule has 0 unspecified atom stereocenters. The molecule has 0 radical (unpaired) electrons. The van der Waals surface area contributed by atoms with E-state index < -0.39 is 4.92 Å². The van der Waals surface area contributed by atoms with E-state index in [1.54, 1.807) is 37.3 Å². The molecule has 0 aliphatic carbocycles. The molecule has 0 aromatic heterocycles. The maximum Gasteiger partial charge on any atom is 0.293 e. The fourth-order valence-corrected chi connectivity index (χ4v) is 1.84. The number of hydrogen-bond acceptors (Lipinski definition) is 5. The van der Waals surface area contributed by atoms with Gasteiger partial charge in [-0.1, -0.05) is 24.3 Å². The van der Waals surface area contributed by atoms with Crippen LogP contribution in [0.3, 0.4) is 0 Å². The van der Waals surface area contributed by atoms with Crippen molar-refractivity contribution in [2.45, 2.75) is 0 Å². The van der Waals surface area contributed by atoms with Crippen LogP contribution in [0.1, 0.15) is 5.56 Å². The highest BCUT2D eigenvalue weighted by atomic mass is 16.6. The van der Waals surface area contributed by atoms with Gasteiger partial charge < -0.3 is 4.90 Å². The molecule has 0 aliphatic heterocycles. The Balaban J connectivity index is 2.17. The van der Waals surface area contributed by atoms with Crippen molar-refractivity contribution in [1.29, 1.82) is 0 Å². The number of benzene rings is 2. The third-order valence-electron chi connectivity index (χ3n) is 2.86. The van der Waals surface area contributed by atoms with Crippen LogP contribution in [-0.2, 0) is 0 Å². The number of nitro benzene ring substituents is 1. The van der Waals surface area contributed by atoms with Gasteiger partial charge >= 0.3 is 0 Å². The smallest absolute Gasteiger partial charge is 0.293 e. The minimum Gasteiger partial charge on any atom is -0.372 e. The van der Waals surface area contributed by atoms with Gasteiger partial charge in [0.25, 0.3) is 5.69 Å². The van der Waals surface area contributed by atoms with E-state index in [4.69, 9.17) is 0 Å². The first-order valence-electron chi connectivity index (χ1n) is 6.38. The molecule has 6 nitrogen and oxygen atoms in total. The molecule has 2 aromatic carbocycles. The predicted octanol–water partition coefficient (Wildman–Crippen LogP) is 3.11. The van der Waals surface area contributed by atoms with E-state index in [0.29, 0.717) is 11.3 Å². The molecule has 2 aromatic rings. The molecule has 1 N–H and O–H groups in total. The SMILES string of the molecule is CN(C)c1ccc(/C=N/Nc2ccccc2)cc1[N+](=O)[O-]. The summed E-state index contributed by atoms with van der Waals surface area (Å²) in [6.07, 6.45) is 1.56. The molecule has 2 rings (SSSR count). The van der Waals surface area contributed by atoms with Gasteiger partial charge in [0.15, 0.2) is 0 Å². The van der Waals surface area contributed by atoms with E-state index in [0.717, 1.165) is 5.69 Å². The van der Waals surface area contributed by atoms with Gasteiger partial charge in [0, 0.05) is 25.7 Å². The Bertz CT molecular complexity index is 654. The lowest BCUT2D eigenvalue weighted by Crippen LogP contribution is -2.11.